The number of fused-ring (bicyclic) bond motifs is 1. The second kappa shape index (κ2) is 6.94. The van der Waals surface area contributed by atoms with E-state index in [1.165, 1.54) is 13.2 Å². The SMILES string of the molecule is COc1cc(/C=C/c2cc(C(=O)O)c3ccccc3n2)cc(Br)c1O. The number of hydrogen-bond acceptors (Lipinski definition) is 4. The Kier molecular flexibility index (Phi) is 4.72. The molecule has 0 amide bonds. The molecule has 3 rings (SSSR count). The summed E-state index contributed by atoms with van der Waals surface area (Å²) >= 11 is 3.27. The largest absolute Gasteiger partial charge is 0.503 e. The summed E-state index contributed by atoms with van der Waals surface area (Å²) < 4.78 is 5.62. The highest BCUT2D eigenvalue weighted by Crippen LogP contribution is 2.35. The lowest BCUT2D eigenvalue weighted by molar-refractivity contribution is 0.0699. The molecule has 6 heteroatoms. The van der Waals surface area contributed by atoms with Gasteiger partial charge in [-0.05, 0) is 51.8 Å². The number of ether oxygens (including phenoxy) is 1. The van der Waals surface area contributed by atoms with Gasteiger partial charge < -0.3 is 14.9 Å². The van der Waals surface area contributed by atoms with Crippen LogP contribution in [-0.2, 0) is 0 Å². The van der Waals surface area contributed by atoms with Gasteiger partial charge in [0, 0.05) is 5.39 Å². The van der Waals surface area contributed by atoms with Gasteiger partial charge in [0.2, 0.25) is 0 Å². The van der Waals surface area contributed by atoms with E-state index in [-0.39, 0.29) is 11.3 Å². The summed E-state index contributed by atoms with van der Waals surface area (Å²) in [4.78, 5) is 16.0. The lowest BCUT2D eigenvalue weighted by Crippen LogP contribution is -2.00. The van der Waals surface area contributed by atoms with Crippen molar-refractivity contribution in [2.45, 2.75) is 0 Å². The number of methoxy groups -OCH3 is 1. The summed E-state index contributed by atoms with van der Waals surface area (Å²) in [6.45, 7) is 0. The maximum atomic E-state index is 11.5. The standard InChI is InChI=1S/C19H14BrNO4/c1-25-17-9-11(8-15(20)18(17)22)6-7-12-10-14(19(23)24)13-4-2-3-5-16(13)21-12/h2-10,22H,1H3,(H,23,24)/b7-6+. The van der Waals surface area contributed by atoms with E-state index in [4.69, 9.17) is 4.74 Å². The molecular weight excluding hydrogens is 386 g/mol. The third-order valence-electron chi connectivity index (χ3n) is 3.68. The topological polar surface area (TPSA) is 79.7 Å². The molecule has 0 bridgehead atoms. The Morgan fingerprint density at radius 1 is 1.20 bits per heavy atom. The first kappa shape index (κ1) is 17.0. The van der Waals surface area contributed by atoms with Crippen LogP contribution in [0, 0.1) is 0 Å². The molecule has 0 saturated carbocycles. The summed E-state index contributed by atoms with van der Waals surface area (Å²) in [6.07, 6.45) is 3.49. The minimum atomic E-state index is -0.998. The average molecular weight is 400 g/mol. The number of carbonyl (C=O) groups is 1. The van der Waals surface area contributed by atoms with Gasteiger partial charge in [-0.1, -0.05) is 24.3 Å². The van der Waals surface area contributed by atoms with Crippen molar-refractivity contribution < 1.29 is 19.7 Å². The van der Waals surface area contributed by atoms with Crippen molar-refractivity contribution in [1.82, 2.24) is 4.98 Å². The van der Waals surface area contributed by atoms with E-state index in [1.807, 2.05) is 6.07 Å². The van der Waals surface area contributed by atoms with Gasteiger partial charge in [-0.25, -0.2) is 9.78 Å². The molecule has 1 aromatic heterocycles. The molecule has 0 unspecified atom stereocenters. The fourth-order valence-electron chi connectivity index (χ4n) is 2.49. The monoisotopic (exact) mass is 399 g/mol. The van der Waals surface area contributed by atoms with Gasteiger partial charge in [0.05, 0.1) is 28.4 Å². The summed E-state index contributed by atoms with van der Waals surface area (Å²) in [6, 6.07) is 12.1. The number of aromatic hydroxyl groups is 1. The van der Waals surface area contributed by atoms with Gasteiger partial charge in [-0.3, -0.25) is 0 Å². The molecule has 0 radical (unpaired) electrons. The number of phenolic OH excluding ortho intramolecular Hbond substituents is 1. The van der Waals surface area contributed by atoms with Gasteiger partial charge in [-0.2, -0.15) is 0 Å². The summed E-state index contributed by atoms with van der Waals surface area (Å²) in [5.74, 6) is -0.634. The summed E-state index contributed by atoms with van der Waals surface area (Å²) in [5.41, 5.74) is 2.12. The Morgan fingerprint density at radius 3 is 2.68 bits per heavy atom. The number of benzene rings is 2. The molecule has 0 saturated heterocycles. The van der Waals surface area contributed by atoms with Gasteiger partial charge in [0.1, 0.15) is 0 Å². The normalized spacial score (nSPS) is 11.1. The predicted molar refractivity (Wildman–Crippen MR) is 100.0 cm³/mol. The Bertz CT molecular complexity index is 998. The zero-order valence-corrected chi connectivity index (χ0v) is 14.8. The number of nitrogens with zero attached hydrogens (tertiary/aromatic N) is 1. The maximum Gasteiger partial charge on any atom is 0.336 e. The van der Waals surface area contributed by atoms with E-state index in [1.54, 1.807) is 42.5 Å². The Balaban J connectivity index is 2.05. The molecule has 126 valence electrons. The van der Waals surface area contributed by atoms with Gasteiger partial charge in [0.15, 0.2) is 11.5 Å². The van der Waals surface area contributed by atoms with Crippen molar-refractivity contribution in [3.63, 3.8) is 0 Å². The number of hydrogen-bond donors (Lipinski definition) is 2. The Hall–Kier alpha value is -2.86. The molecule has 0 fully saturated rings. The Labute approximate surface area is 152 Å². The first-order valence-electron chi connectivity index (χ1n) is 7.37. The number of carboxylic acid groups (broad SMARTS) is 1. The zero-order chi connectivity index (χ0) is 18.0. The number of halogens is 1. The number of aromatic nitrogens is 1. The van der Waals surface area contributed by atoms with Crippen LogP contribution in [0.25, 0.3) is 23.1 Å². The molecule has 1 heterocycles. The van der Waals surface area contributed by atoms with Gasteiger partial charge >= 0.3 is 5.97 Å². The summed E-state index contributed by atoms with van der Waals surface area (Å²) in [5, 5.41) is 19.9. The molecule has 3 aromatic rings. The van der Waals surface area contributed by atoms with Crippen LogP contribution >= 0.6 is 15.9 Å². The molecule has 0 atom stereocenters. The quantitative estimate of drug-likeness (QED) is 0.670. The third kappa shape index (κ3) is 3.49. The summed E-state index contributed by atoms with van der Waals surface area (Å²) in [7, 11) is 1.47. The first-order valence-corrected chi connectivity index (χ1v) is 8.16. The molecule has 0 aliphatic rings. The number of carboxylic acids is 1. The van der Waals surface area contributed by atoms with Crippen molar-refractivity contribution in [3.05, 3.63) is 63.8 Å². The van der Waals surface area contributed by atoms with Crippen molar-refractivity contribution >= 4 is 45.0 Å². The number of phenols is 1. The Morgan fingerprint density at radius 2 is 1.96 bits per heavy atom. The lowest BCUT2D eigenvalue weighted by atomic mass is 10.1. The highest BCUT2D eigenvalue weighted by atomic mass is 79.9. The third-order valence-corrected chi connectivity index (χ3v) is 4.29. The molecule has 2 N–H and O–H groups in total. The van der Waals surface area contributed by atoms with Gasteiger partial charge in [0.25, 0.3) is 0 Å². The fraction of sp³-hybridized carbons (Fsp3) is 0.0526. The van der Waals surface area contributed by atoms with Crippen molar-refractivity contribution in [2.24, 2.45) is 0 Å². The van der Waals surface area contributed by atoms with Crippen LogP contribution in [0.2, 0.25) is 0 Å². The first-order chi connectivity index (χ1) is 12.0. The van der Waals surface area contributed by atoms with Crippen LogP contribution in [-0.4, -0.2) is 28.3 Å². The molecule has 0 aliphatic heterocycles. The van der Waals surface area contributed by atoms with Crippen LogP contribution in [0.15, 0.2) is 46.9 Å². The molecule has 25 heavy (non-hydrogen) atoms. The van der Waals surface area contributed by atoms with Crippen molar-refractivity contribution in [3.8, 4) is 11.5 Å². The molecule has 2 aromatic carbocycles. The minimum Gasteiger partial charge on any atom is -0.503 e. The van der Waals surface area contributed by atoms with Crippen molar-refractivity contribution in [2.75, 3.05) is 7.11 Å². The van der Waals surface area contributed by atoms with Gasteiger partial charge in [-0.15, -0.1) is 0 Å². The van der Waals surface area contributed by atoms with Crippen LogP contribution < -0.4 is 4.74 Å². The van der Waals surface area contributed by atoms with E-state index in [9.17, 15) is 15.0 Å². The van der Waals surface area contributed by atoms with Crippen molar-refractivity contribution in [1.29, 1.82) is 0 Å². The highest BCUT2D eigenvalue weighted by Gasteiger charge is 2.11. The number of rotatable bonds is 4. The fourth-order valence-corrected chi connectivity index (χ4v) is 2.95. The number of para-hydroxylation sites is 1. The van der Waals surface area contributed by atoms with Crippen LogP contribution in [0.3, 0.4) is 0 Å². The van der Waals surface area contributed by atoms with Crippen LogP contribution in [0.5, 0.6) is 11.5 Å². The second-order valence-electron chi connectivity index (χ2n) is 5.30. The molecule has 0 spiro atoms. The average Bonchev–Trinajstić information content (AvgIpc) is 2.61. The second-order valence-corrected chi connectivity index (χ2v) is 6.16. The van der Waals surface area contributed by atoms with E-state index >= 15 is 0 Å². The van der Waals surface area contributed by atoms with E-state index < -0.39 is 5.97 Å². The molecule has 0 aliphatic carbocycles. The molecule has 5 nitrogen and oxygen atoms in total. The minimum absolute atomic E-state index is 0.0247. The van der Waals surface area contributed by atoms with Crippen LogP contribution in [0.4, 0.5) is 0 Å². The van der Waals surface area contributed by atoms with Crippen LogP contribution in [0.1, 0.15) is 21.6 Å². The lowest BCUT2D eigenvalue weighted by Gasteiger charge is -2.07. The van der Waals surface area contributed by atoms with E-state index in [2.05, 4.69) is 20.9 Å². The number of pyridine rings is 1. The smallest absolute Gasteiger partial charge is 0.336 e. The highest BCUT2D eigenvalue weighted by molar-refractivity contribution is 9.10. The maximum absolute atomic E-state index is 11.5. The van der Waals surface area contributed by atoms with E-state index in [0.717, 1.165) is 5.56 Å². The van der Waals surface area contributed by atoms with E-state index in [0.29, 0.717) is 26.8 Å². The zero-order valence-electron chi connectivity index (χ0n) is 13.2. The molecular formula is C19H14BrNO4. The predicted octanol–water partition coefficient (Wildman–Crippen LogP) is 4.58. The number of aromatic carboxylic acids is 1.